The van der Waals surface area contributed by atoms with Crippen LogP contribution in [0.3, 0.4) is 0 Å². The zero-order chi connectivity index (χ0) is 37.9. The zero-order valence-electron chi connectivity index (χ0n) is 31.0. The van der Waals surface area contributed by atoms with Gasteiger partial charge in [-0.15, -0.1) is 0 Å². The molecule has 0 unspecified atom stereocenters. The van der Waals surface area contributed by atoms with Crippen molar-refractivity contribution in [3.05, 3.63) is 182 Å². The van der Waals surface area contributed by atoms with Gasteiger partial charge in [-0.3, -0.25) is 4.57 Å². The Morgan fingerprint density at radius 2 is 0.948 bits per heavy atom. The predicted octanol–water partition coefficient (Wildman–Crippen LogP) is 14.0. The fourth-order valence-electron chi connectivity index (χ4n) is 9.36. The van der Waals surface area contributed by atoms with Gasteiger partial charge in [0.1, 0.15) is 11.2 Å². The number of hydrogen-bond donors (Lipinski definition) is 0. The van der Waals surface area contributed by atoms with Gasteiger partial charge in [-0.2, -0.15) is 9.97 Å². The molecule has 3 heterocycles. The average Bonchev–Trinajstić information content (AvgIpc) is 3.86. The first-order valence-electron chi connectivity index (χ1n) is 19.6. The van der Waals surface area contributed by atoms with Gasteiger partial charge >= 0.3 is 0 Å². The Morgan fingerprint density at radius 1 is 0.379 bits per heavy atom. The van der Waals surface area contributed by atoms with E-state index in [0.717, 1.165) is 76.4 Å². The van der Waals surface area contributed by atoms with Crippen LogP contribution >= 0.6 is 0 Å². The molecule has 5 heteroatoms. The molecule has 0 radical (unpaired) electrons. The molecule has 0 amide bonds. The molecule has 0 aliphatic heterocycles. The van der Waals surface area contributed by atoms with Gasteiger partial charge in [0.05, 0.1) is 11.0 Å². The molecule has 10 aromatic carbocycles. The highest BCUT2D eigenvalue weighted by atomic mass is 16.3. The van der Waals surface area contributed by atoms with Crippen LogP contribution in [-0.4, -0.2) is 19.5 Å². The van der Waals surface area contributed by atoms with Crippen molar-refractivity contribution < 1.29 is 4.42 Å². The number of nitrogens with zero attached hydrogens (tertiary/aromatic N) is 4. The number of para-hydroxylation sites is 1. The zero-order valence-corrected chi connectivity index (χ0v) is 31.0. The van der Waals surface area contributed by atoms with Gasteiger partial charge in [-0.1, -0.05) is 158 Å². The number of furan rings is 1. The SMILES string of the molecule is c1ccc2c(c1)ccc1cc(-c3nc(-c4cc5ccccc5c5oc6ccccc6c45)nc(-n4c5ccc6ccccc6c5c5ccc6ccccc6c54)n3)ccc12. The van der Waals surface area contributed by atoms with E-state index in [4.69, 9.17) is 19.4 Å². The maximum Gasteiger partial charge on any atom is 0.238 e. The standard InChI is InChI=1S/C53H30N4O/c1-5-15-37-31(11-1)21-22-35-29-36(24-26-38(35)37)51-54-52(44-30-34-14-4-8-18-41(34)50-48(44)42-19-9-10-20-46(42)58-50)56-53(55-51)57-45-28-25-32-12-2-6-16-39(32)47(45)43-27-23-33-13-3-7-17-40(33)49(43)57/h1-30H. The molecule has 58 heavy (non-hydrogen) atoms. The molecule has 268 valence electrons. The molecule has 0 aliphatic carbocycles. The van der Waals surface area contributed by atoms with E-state index in [9.17, 15) is 0 Å². The Morgan fingerprint density at radius 3 is 1.79 bits per heavy atom. The van der Waals surface area contributed by atoms with Crippen LogP contribution in [0.25, 0.3) is 126 Å². The van der Waals surface area contributed by atoms with E-state index in [2.05, 4.69) is 174 Å². The minimum atomic E-state index is 0.555. The third-order valence-electron chi connectivity index (χ3n) is 12.0. The van der Waals surface area contributed by atoms with Crippen LogP contribution in [0.2, 0.25) is 0 Å². The van der Waals surface area contributed by atoms with Crippen LogP contribution in [0.5, 0.6) is 0 Å². The first-order valence-corrected chi connectivity index (χ1v) is 19.6. The van der Waals surface area contributed by atoms with E-state index in [-0.39, 0.29) is 0 Å². The number of aromatic nitrogens is 4. The lowest BCUT2D eigenvalue weighted by Crippen LogP contribution is -2.07. The summed E-state index contributed by atoms with van der Waals surface area (Å²) in [4.78, 5) is 16.3. The number of hydrogen-bond acceptors (Lipinski definition) is 4. The van der Waals surface area contributed by atoms with Gasteiger partial charge in [0.2, 0.25) is 5.95 Å². The molecular weight excluding hydrogens is 709 g/mol. The summed E-state index contributed by atoms with van der Waals surface area (Å²) in [6.07, 6.45) is 0. The number of fused-ring (bicyclic) bond motifs is 15. The summed E-state index contributed by atoms with van der Waals surface area (Å²) in [5.41, 5.74) is 5.56. The van der Waals surface area contributed by atoms with Crippen molar-refractivity contribution in [2.75, 3.05) is 0 Å². The Balaban J connectivity index is 1.18. The monoisotopic (exact) mass is 738 g/mol. The molecule has 0 aliphatic rings. The van der Waals surface area contributed by atoms with Crippen LogP contribution in [0.15, 0.2) is 186 Å². The Bertz CT molecular complexity index is 3880. The van der Waals surface area contributed by atoms with Crippen LogP contribution < -0.4 is 0 Å². The lowest BCUT2D eigenvalue weighted by molar-refractivity contribution is 0.672. The molecular formula is C53H30N4O. The third kappa shape index (κ3) is 4.44. The second-order valence-electron chi connectivity index (χ2n) is 15.2. The molecule has 13 rings (SSSR count). The number of benzene rings is 10. The molecule has 0 bridgehead atoms. The van der Waals surface area contributed by atoms with Crippen LogP contribution in [-0.2, 0) is 0 Å². The minimum absolute atomic E-state index is 0.555. The maximum absolute atomic E-state index is 6.66. The smallest absolute Gasteiger partial charge is 0.238 e. The maximum atomic E-state index is 6.66. The van der Waals surface area contributed by atoms with Crippen LogP contribution in [0.4, 0.5) is 0 Å². The topological polar surface area (TPSA) is 56.7 Å². The van der Waals surface area contributed by atoms with E-state index in [1.54, 1.807) is 0 Å². The minimum Gasteiger partial charge on any atom is -0.455 e. The molecule has 0 fully saturated rings. The van der Waals surface area contributed by atoms with Crippen molar-refractivity contribution >= 4 is 97.6 Å². The molecule has 5 nitrogen and oxygen atoms in total. The van der Waals surface area contributed by atoms with E-state index in [1.807, 2.05) is 12.1 Å². The molecule has 3 aromatic heterocycles. The molecule has 0 atom stereocenters. The fraction of sp³-hybridized carbons (Fsp3) is 0. The fourth-order valence-corrected chi connectivity index (χ4v) is 9.36. The van der Waals surface area contributed by atoms with E-state index >= 15 is 0 Å². The summed E-state index contributed by atoms with van der Waals surface area (Å²) in [5, 5.41) is 15.9. The van der Waals surface area contributed by atoms with E-state index in [0.29, 0.717) is 17.6 Å². The van der Waals surface area contributed by atoms with Gasteiger partial charge in [0.25, 0.3) is 0 Å². The highest BCUT2D eigenvalue weighted by Crippen LogP contribution is 2.43. The first-order chi connectivity index (χ1) is 28.7. The van der Waals surface area contributed by atoms with Crippen LogP contribution in [0, 0.1) is 0 Å². The van der Waals surface area contributed by atoms with Gasteiger partial charge < -0.3 is 4.42 Å². The summed E-state index contributed by atoms with van der Waals surface area (Å²) in [6.45, 7) is 0. The third-order valence-corrected chi connectivity index (χ3v) is 12.0. The Labute approximate surface area is 331 Å². The number of rotatable bonds is 3. The molecule has 0 N–H and O–H groups in total. The van der Waals surface area contributed by atoms with Gasteiger partial charge in [-0.05, 0) is 67.4 Å². The summed E-state index contributed by atoms with van der Waals surface area (Å²) in [6, 6.07) is 64.4. The molecule has 0 saturated carbocycles. The van der Waals surface area contributed by atoms with Crippen molar-refractivity contribution in [3.63, 3.8) is 0 Å². The van der Waals surface area contributed by atoms with E-state index < -0.39 is 0 Å². The lowest BCUT2D eigenvalue weighted by atomic mass is 9.99. The van der Waals surface area contributed by atoms with Crippen molar-refractivity contribution in [3.8, 4) is 28.7 Å². The van der Waals surface area contributed by atoms with Crippen molar-refractivity contribution in [2.45, 2.75) is 0 Å². The Kier molecular flexibility index (Phi) is 6.38. The van der Waals surface area contributed by atoms with E-state index in [1.165, 1.54) is 32.3 Å². The van der Waals surface area contributed by atoms with Gasteiger partial charge in [-0.25, -0.2) is 4.98 Å². The molecule has 0 spiro atoms. The van der Waals surface area contributed by atoms with Crippen molar-refractivity contribution in [2.24, 2.45) is 0 Å². The summed E-state index contributed by atoms with van der Waals surface area (Å²) < 4.78 is 8.91. The Hall–Kier alpha value is -7.89. The highest BCUT2D eigenvalue weighted by Gasteiger charge is 2.23. The second kappa shape index (κ2) is 11.8. The quantitative estimate of drug-likeness (QED) is 0.169. The van der Waals surface area contributed by atoms with Crippen molar-refractivity contribution in [1.82, 2.24) is 19.5 Å². The van der Waals surface area contributed by atoms with Gasteiger partial charge in [0, 0.05) is 43.4 Å². The highest BCUT2D eigenvalue weighted by molar-refractivity contribution is 6.26. The summed E-state index contributed by atoms with van der Waals surface area (Å²) >= 11 is 0. The van der Waals surface area contributed by atoms with Crippen LogP contribution in [0.1, 0.15) is 0 Å². The normalized spacial score (nSPS) is 12.1. The summed E-state index contributed by atoms with van der Waals surface area (Å²) in [5.74, 6) is 1.73. The average molecular weight is 739 g/mol. The second-order valence-corrected chi connectivity index (χ2v) is 15.2. The predicted molar refractivity (Wildman–Crippen MR) is 240 cm³/mol. The summed E-state index contributed by atoms with van der Waals surface area (Å²) in [7, 11) is 0. The lowest BCUT2D eigenvalue weighted by Gasteiger charge is -2.13. The molecule has 13 aromatic rings. The largest absolute Gasteiger partial charge is 0.455 e. The first kappa shape index (κ1) is 31.3. The van der Waals surface area contributed by atoms with Crippen molar-refractivity contribution in [1.29, 1.82) is 0 Å². The van der Waals surface area contributed by atoms with Gasteiger partial charge in [0.15, 0.2) is 11.6 Å². The molecule has 0 saturated heterocycles.